The second kappa shape index (κ2) is 8.66. The predicted octanol–water partition coefficient (Wildman–Crippen LogP) is -0.356. The van der Waals surface area contributed by atoms with Crippen molar-refractivity contribution in [2.24, 2.45) is 0 Å². The Labute approximate surface area is 155 Å². The van der Waals surface area contributed by atoms with Crippen LogP contribution in [-0.4, -0.2) is 84.3 Å². The van der Waals surface area contributed by atoms with E-state index in [-0.39, 0.29) is 0 Å². The van der Waals surface area contributed by atoms with Crippen LogP contribution in [0.1, 0.15) is 0 Å². The van der Waals surface area contributed by atoms with Gasteiger partial charge in [-0.2, -0.15) is 0 Å². The van der Waals surface area contributed by atoms with Crippen molar-refractivity contribution in [3.63, 3.8) is 0 Å². The molecule has 0 N–H and O–H groups in total. The number of esters is 4. The largest absolute Gasteiger partial charge is 0.466 e. The Morgan fingerprint density at radius 3 is 1.52 bits per heavy atom. The molecule has 1 rings (SSSR count). The molecule has 12 heteroatoms. The summed E-state index contributed by atoms with van der Waals surface area (Å²) in [6.45, 7) is 0. The average Bonchev–Trinajstić information content (AvgIpc) is 2.98. The van der Waals surface area contributed by atoms with Gasteiger partial charge in [0.05, 0.1) is 34.0 Å². The molecule has 1 aliphatic heterocycles. The van der Waals surface area contributed by atoms with Gasteiger partial charge in [-0.25, -0.2) is 19.2 Å². The van der Waals surface area contributed by atoms with E-state index in [1.54, 1.807) is 0 Å². The number of carbonyl (C=O) groups excluding carboxylic acids is 4. The summed E-state index contributed by atoms with van der Waals surface area (Å²) in [5, 5.41) is -2.94. The molecule has 1 unspecified atom stereocenters. The highest BCUT2D eigenvalue weighted by molar-refractivity contribution is 7.73. The molecule has 0 saturated carbocycles. The van der Waals surface area contributed by atoms with Crippen molar-refractivity contribution in [2.45, 2.75) is 5.34 Å². The van der Waals surface area contributed by atoms with Gasteiger partial charge in [0.1, 0.15) is 10.9 Å². The van der Waals surface area contributed by atoms with E-state index in [0.717, 1.165) is 49.8 Å². The monoisotopic (exact) mass is 408 g/mol. The van der Waals surface area contributed by atoms with Crippen LogP contribution < -0.4 is 0 Å². The molecule has 0 radical (unpaired) electrons. The second-order valence-electron chi connectivity index (χ2n) is 4.83. The summed E-state index contributed by atoms with van der Waals surface area (Å²) >= 11 is 0. The van der Waals surface area contributed by atoms with E-state index in [4.69, 9.17) is 28.0 Å². The van der Waals surface area contributed by atoms with E-state index in [1.807, 2.05) is 0 Å². The van der Waals surface area contributed by atoms with Crippen molar-refractivity contribution in [2.75, 3.05) is 49.8 Å². The molecule has 0 amide bonds. The van der Waals surface area contributed by atoms with Gasteiger partial charge in [-0.3, -0.25) is 0 Å². The zero-order valence-corrected chi connectivity index (χ0v) is 16.8. The van der Waals surface area contributed by atoms with Gasteiger partial charge < -0.3 is 32.7 Å². The maximum atomic E-state index is 12.8. The van der Waals surface area contributed by atoms with Crippen molar-refractivity contribution in [3.8, 4) is 0 Å². The van der Waals surface area contributed by atoms with E-state index >= 15 is 0 Å². The Balaban J connectivity index is 4.34. The first-order valence-corrected chi connectivity index (χ1v) is 8.88. The van der Waals surface area contributed by atoms with Gasteiger partial charge >= 0.3 is 23.9 Å². The summed E-state index contributed by atoms with van der Waals surface area (Å²) < 4.78 is 35.1. The van der Waals surface area contributed by atoms with Crippen molar-refractivity contribution in [3.05, 3.63) is 11.1 Å². The van der Waals surface area contributed by atoms with Gasteiger partial charge in [0.15, 0.2) is 7.34 Å². The maximum absolute atomic E-state index is 12.8. The molecule has 0 aromatic rings. The second-order valence-corrected chi connectivity index (χ2v) is 7.74. The summed E-state index contributed by atoms with van der Waals surface area (Å²) in [6.07, 6.45) is 0. The standard InChI is InChI=1S/C15H21O11P/c1-20-11(16)8-9(12(17)21-2)15(24-5,14(19)23-4)27(25-6,26-7)10(8)13(18)22-3/h1-7H3. The molecule has 0 spiro atoms. The van der Waals surface area contributed by atoms with Crippen LogP contribution in [-0.2, 0) is 51.9 Å². The SMILES string of the molecule is COC(=O)C1=C(C(=O)OC)C(OC)(C(=O)OC)P(OC)(OC)=C1C(=O)OC. The quantitative estimate of drug-likeness (QED) is 0.311. The van der Waals surface area contributed by atoms with E-state index in [0.29, 0.717) is 0 Å². The summed E-state index contributed by atoms with van der Waals surface area (Å²) in [6, 6.07) is 0. The molecule has 0 saturated heterocycles. The fourth-order valence-corrected chi connectivity index (χ4v) is 6.12. The van der Waals surface area contributed by atoms with Crippen LogP contribution in [0.5, 0.6) is 0 Å². The van der Waals surface area contributed by atoms with Crippen molar-refractivity contribution in [1.29, 1.82) is 0 Å². The fourth-order valence-electron chi connectivity index (χ4n) is 2.88. The number of hydrogen-bond donors (Lipinski definition) is 0. The van der Waals surface area contributed by atoms with Gasteiger partial charge in [0.25, 0.3) is 5.34 Å². The van der Waals surface area contributed by atoms with Crippen LogP contribution in [0.4, 0.5) is 0 Å². The number of rotatable bonds is 7. The maximum Gasteiger partial charge on any atom is 0.352 e. The predicted molar refractivity (Wildman–Crippen MR) is 90.8 cm³/mol. The molecule has 1 heterocycles. The Kier molecular flexibility index (Phi) is 7.32. The van der Waals surface area contributed by atoms with Crippen LogP contribution >= 0.6 is 7.34 Å². The minimum absolute atomic E-state index is 0.519. The lowest BCUT2D eigenvalue weighted by Gasteiger charge is -2.37. The molecular weight excluding hydrogens is 387 g/mol. The molecule has 0 aromatic heterocycles. The minimum atomic E-state index is -3.98. The first-order valence-electron chi connectivity index (χ1n) is 7.26. The summed E-state index contributed by atoms with van der Waals surface area (Å²) in [5.74, 6) is -4.52. The van der Waals surface area contributed by atoms with Crippen LogP contribution in [0, 0.1) is 0 Å². The van der Waals surface area contributed by atoms with E-state index in [9.17, 15) is 19.2 Å². The molecule has 0 aliphatic carbocycles. The molecule has 1 aliphatic rings. The number of hydrogen-bond acceptors (Lipinski definition) is 11. The van der Waals surface area contributed by atoms with Crippen LogP contribution in [0.15, 0.2) is 11.1 Å². The van der Waals surface area contributed by atoms with Gasteiger partial charge in [0.2, 0.25) is 0 Å². The highest BCUT2D eigenvalue weighted by atomic mass is 31.2. The highest BCUT2D eigenvalue weighted by Gasteiger charge is 2.68. The van der Waals surface area contributed by atoms with Gasteiger partial charge in [-0.15, -0.1) is 0 Å². The van der Waals surface area contributed by atoms with Crippen molar-refractivity contribution < 1.29 is 51.9 Å². The number of ether oxygens (including phenoxy) is 5. The topological polar surface area (TPSA) is 133 Å². The normalized spacial score (nSPS) is 20.9. The van der Waals surface area contributed by atoms with Crippen LogP contribution in [0.25, 0.3) is 0 Å². The van der Waals surface area contributed by atoms with E-state index in [2.05, 4.69) is 4.74 Å². The first kappa shape index (κ1) is 22.8. The first-order chi connectivity index (χ1) is 12.7. The lowest BCUT2D eigenvalue weighted by Crippen LogP contribution is -2.46. The smallest absolute Gasteiger partial charge is 0.352 e. The van der Waals surface area contributed by atoms with Gasteiger partial charge in [-0.05, 0) is 0 Å². The van der Waals surface area contributed by atoms with Crippen LogP contribution in [0.3, 0.4) is 0 Å². The molecule has 11 nitrogen and oxygen atoms in total. The summed E-state index contributed by atoms with van der Waals surface area (Å²) in [4.78, 5) is 50.4. The third-order valence-corrected chi connectivity index (χ3v) is 7.41. The molecule has 0 bridgehead atoms. The van der Waals surface area contributed by atoms with E-state index < -0.39 is 53.0 Å². The Hall–Kier alpha value is -2.20. The van der Waals surface area contributed by atoms with Crippen LogP contribution in [0.2, 0.25) is 0 Å². The van der Waals surface area contributed by atoms with E-state index in [1.165, 1.54) is 0 Å². The highest BCUT2D eigenvalue weighted by Crippen LogP contribution is 2.70. The fraction of sp³-hybridized carbons (Fsp3) is 0.533. The molecular formula is C15H21O11P. The molecule has 152 valence electrons. The molecule has 27 heavy (non-hydrogen) atoms. The summed E-state index contributed by atoms with van der Waals surface area (Å²) in [7, 11) is 3.39. The lowest BCUT2D eigenvalue weighted by molar-refractivity contribution is -0.157. The molecule has 1 atom stereocenters. The van der Waals surface area contributed by atoms with Gasteiger partial charge in [-0.1, -0.05) is 0 Å². The van der Waals surface area contributed by atoms with Crippen molar-refractivity contribution >= 4 is 36.5 Å². The zero-order valence-electron chi connectivity index (χ0n) is 15.9. The number of carbonyl (C=O) groups is 4. The Morgan fingerprint density at radius 2 is 1.19 bits per heavy atom. The molecule has 0 aromatic carbocycles. The zero-order chi connectivity index (χ0) is 21.0. The third-order valence-electron chi connectivity index (χ3n) is 3.96. The average molecular weight is 408 g/mol. The number of methoxy groups -OCH3 is 5. The summed E-state index contributed by atoms with van der Waals surface area (Å²) in [5.41, 5.74) is -1.26. The van der Waals surface area contributed by atoms with Gasteiger partial charge in [0, 0.05) is 21.3 Å². The Bertz CT molecular complexity index is 743. The Morgan fingerprint density at radius 1 is 0.704 bits per heavy atom. The van der Waals surface area contributed by atoms with Crippen molar-refractivity contribution in [1.82, 2.24) is 0 Å². The minimum Gasteiger partial charge on any atom is -0.466 e. The molecule has 0 fully saturated rings. The third kappa shape index (κ3) is 2.96. The lowest BCUT2D eigenvalue weighted by atomic mass is 9.99.